The molecule has 3 rings (SSSR count). The minimum atomic E-state index is -0.596. The van der Waals surface area contributed by atoms with Gasteiger partial charge in [-0.3, -0.25) is 9.59 Å². The van der Waals surface area contributed by atoms with Gasteiger partial charge in [0, 0.05) is 5.56 Å². The van der Waals surface area contributed by atoms with Crippen LogP contribution in [0.4, 0.5) is 0 Å². The van der Waals surface area contributed by atoms with E-state index in [2.05, 4.69) is 0 Å². The summed E-state index contributed by atoms with van der Waals surface area (Å²) in [6.07, 6.45) is 3.33. The maximum Gasteiger partial charge on any atom is 0.310 e. The van der Waals surface area contributed by atoms with E-state index in [1.165, 1.54) is 0 Å². The molecule has 2 aliphatic carbocycles. The van der Waals surface area contributed by atoms with Gasteiger partial charge in [-0.1, -0.05) is 13.8 Å². The third kappa shape index (κ3) is 3.76. The fraction of sp³-hybridized carbons (Fsp3) is 0.700. The van der Waals surface area contributed by atoms with Crippen LogP contribution >= 0.6 is 11.3 Å². The number of carbonyl (C=O) groups excluding carboxylic acids is 2. The molecule has 1 aromatic rings. The largest absolute Gasteiger partial charge is 0.462 e. The smallest absolute Gasteiger partial charge is 0.310 e. The number of thiophene rings is 1. The number of ether oxygens (including phenoxy) is 2. The van der Waals surface area contributed by atoms with Crippen molar-refractivity contribution in [2.24, 2.45) is 23.7 Å². The molecule has 5 unspecified atom stereocenters. The summed E-state index contributed by atoms with van der Waals surface area (Å²) in [6.45, 7) is 7.78. The summed E-state index contributed by atoms with van der Waals surface area (Å²) in [5.41, 5.74) is 0.441. The van der Waals surface area contributed by atoms with Crippen molar-refractivity contribution in [1.82, 2.24) is 0 Å². The summed E-state index contributed by atoms with van der Waals surface area (Å²) in [5, 5.41) is 4.02. The maximum atomic E-state index is 12.7. The van der Waals surface area contributed by atoms with Gasteiger partial charge in [0.15, 0.2) is 0 Å². The van der Waals surface area contributed by atoms with Crippen molar-refractivity contribution >= 4 is 23.3 Å². The van der Waals surface area contributed by atoms with E-state index >= 15 is 0 Å². The van der Waals surface area contributed by atoms with Crippen LogP contribution in [-0.2, 0) is 24.7 Å². The molecule has 138 valence electrons. The topological polar surface area (TPSA) is 52.6 Å². The first kappa shape index (κ1) is 18.4. The lowest BCUT2D eigenvalue weighted by atomic mass is 9.87. The van der Waals surface area contributed by atoms with Crippen molar-refractivity contribution in [3.63, 3.8) is 0 Å². The van der Waals surface area contributed by atoms with E-state index in [4.69, 9.17) is 9.47 Å². The van der Waals surface area contributed by atoms with Crippen molar-refractivity contribution in [2.75, 3.05) is 0 Å². The third-order valence-corrected chi connectivity index (χ3v) is 6.63. The Morgan fingerprint density at radius 3 is 2.60 bits per heavy atom. The first-order valence-corrected chi connectivity index (χ1v) is 10.2. The Hall–Kier alpha value is -1.36. The van der Waals surface area contributed by atoms with Crippen LogP contribution in [0.15, 0.2) is 16.8 Å². The molecule has 0 saturated heterocycles. The second-order valence-electron chi connectivity index (χ2n) is 8.06. The highest BCUT2D eigenvalue weighted by atomic mass is 32.1. The Bertz CT molecular complexity index is 622. The molecule has 2 saturated carbocycles. The van der Waals surface area contributed by atoms with Crippen molar-refractivity contribution in [3.8, 4) is 0 Å². The van der Waals surface area contributed by atoms with Gasteiger partial charge in [-0.2, -0.15) is 11.3 Å². The number of hydrogen-bond acceptors (Lipinski definition) is 5. The Morgan fingerprint density at radius 2 is 2.04 bits per heavy atom. The lowest BCUT2D eigenvalue weighted by Crippen LogP contribution is -2.35. The molecule has 4 nitrogen and oxygen atoms in total. The van der Waals surface area contributed by atoms with Crippen molar-refractivity contribution in [3.05, 3.63) is 22.4 Å². The van der Waals surface area contributed by atoms with Crippen LogP contribution < -0.4 is 0 Å². The molecule has 2 bridgehead atoms. The van der Waals surface area contributed by atoms with Gasteiger partial charge >= 0.3 is 11.9 Å². The van der Waals surface area contributed by atoms with Gasteiger partial charge in [-0.15, -0.1) is 0 Å². The zero-order valence-electron chi connectivity index (χ0n) is 15.5. The van der Waals surface area contributed by atoms with Gasteiger partial charge in [-0.25, -0.2) is 0 Å². The standard InChI is InChI=1S/C20H28O4S/c1-5-12(2)18(21)23-17-10-13-8-14(17)9-16(13)19(22)24-20(3,4)15-6-7-25-11-15/h6-7,11-14,16-17H,5,8-10H2,1-4H3. The van der Waals surface area contributed by atoms with E-state index in [-0.39, 0.29) is 35.8 Å². The molecule has 0 amide bonds. The Morgan fingerprint density at radius 1 is 1.28 bits per heavy atom. The lowest BCUT2D eigenvalue weighted by molar-refractivity contribution is -0.166. The van der Waals surface area contributed by atoms with Crippen LogP contribution in [0, 0.1) is 23.7 Å². The maximum absolute atomic E-state index is 12.7. The predicted molar refractivity (Wildman–Crippen MR) is 97.1 cm³/mol. The van der Waals surface area contributed by atoms with Gasteiger partial charge < -0.3 is 9.47 Å². The van der Waals surface area contributed by atoms with Gasteiger partial charge in [0.2, 0.25) is 0 Å². The zero-order valence-corrected chi connectivity index (χ0v) is 16.3. The van der Waals surface area contributed by atoms with E-state index < -0.39 is 5.60 Å². The number of esters is 2. The third-order valence-electron chi connectivity index (χ3n) is 5.95. The molecule has 2 aliphatic rings. The summed E-state index contributed by atoms with van der Waals surface area (Å²) < 4.78 is 11.5. The van der Waals surface area contributed by atoms with Crippen LogP contribution in [0.3, 0.4) is 0 Å². The number of carbonyl (C=O) groups is 2. The van der Waals surface area contributed by atoms with Crippen molar-refractivity contribution < 1.29 is 19.1 Å². The minimum absolute atomic E-state index is 0.0135. The first-order chi connectivity index (χ1) is 11.8. The number of rotatable bonds is 6. The molecule has 0 aromatic carbocycles. The second kappa shape index (κ2) is 7.10. The average molecular weight is 365 g/mol. The fourth-order valence-electron chi connectivity index (χ4n) is 4.08. The van der Waals surface area contributed by atoms with E-state index in [0.29, 0.717) is 5.92 Å². The van der Waals surface area contributed by atoms with Crippen LogP contribution in [0.1, 0.15) is 58.9 Å². The van der Waals surface area contributed by atoms with Gasteiger partial charge in [0.25, 0.3) is 0 Å². The van der Waals surface area contributed by atoms with Gasteiger partial charge in [-0.05, 0) is 68.2 Å². The average Bonchev–Trinajstić information content (AvgIpc) is 3.29. The molecular formula is C20H28O4S. The minimum Gasteiger partial charge on any atom is -0.462 e. The lowest BCUT2D eigenvalue weighted by Gasteiger charge is -2.31. The van der Waals surface area contributed by atoms with E-state index in [9.17, 15) is 9.59 Å². The Labute approximate surface area is 153 Å². The molecule has 5 heteroatoms. The fourth-order valence-corrected chi connectivity index (χ4v) is 4.89. The summed E-state index contributed by atoms with van der Waals surface area (Å²) in [4.78, 5) is 24.7. The quantitative estimate of drug-likeness (QED) is 0.696. The summed E-state index contributed by atoms with van der Waals surface area (Å²) >= 11 is 1.61. The second-order valence-corrected chi connectivity index (χ2v) is 8.84. The van der Waals surface area contributed by atoms with Crippen LogP contribution in [0.5, 0.6) is 0 Å². The summed E-state index contributed by atoms with van der Waals surface area (Å²) in [5.74, 6) is 0.284. The van der Waals surface area contributed by atoms with Crippen molar-refractivity contribution in [2.45, 2.75) is 65.1 Å². The van der Waals surface area contributed by atoms with Crippen LogP contribution in [0.2, 0.25) is 0 Å². The Kier molecular flexibility index (Phi) is 5.24. The SMILES string of the molecule is CCC(C)C(=O)OC1CC2CC1CC2C(=O)OC(C)(C)c1ccsc1. The van der Waals surface area contributed by atoms with Gasteiger partial charge in [0.05, 0.1) is 11.8 Å². The number of hydrogen-bond donors (Lipinski definition) is 0. The molecule has 25 heavy (non-hydrogen) atoms. The molecule has 0 spiro atoms. The molecule has 1 aromatic heterocycles. The van der Waals surface area contributed by atoms with Crippen LogP contribution in [0.25, 0.3) is 0 Å². The van der Waals surface area contributed by atoms with Gasteiger partial charge in [0.1, 0.15) is 11.7 Å². The normalized spacial score (nSPS) is 29.4. The molecule has 0 aliphatic heterocycles. The van der Waals surface area contributed by atoms with E-state index in [0.717, 1.165) is 31.2 Å². The molecule has 0 N–H and O–H groups in total. The molecule has 1 heterocycles. The highest BCUT2D eigenvalue weighted by Crippen LogP contribution is 2.50. The summed E-state index contributed by atoms with van der Waals surface area (Å²) in [6, 6.07) is 2.00. The Balaban J connectivity index is 1.56. The van der Waals surface area contributed by atoms with E-state index in [1.54, 1.807) is 11.3 Å². The van der Waals surface area contributed by atoms with E-state index in [1.807, 2.05) is 44.5 Å². The highest BCUT2D eigenvalue weighted by molar-refractivity contribution is 7.08. The van der Waals surface area contributed by atoms with Crippen LogP contribution in [-0.4, -0.2) is 18.0 Å². The highest BCUT2D eigenvalue weighted by Gasteiger charge is 2.51. The first-order valence-electron chi connectivity index (χ1n) is 9.27. The monoisotopic (exact) mass is 364 g/mol. The molecule has 0 radical (unpaired) electrons. The predicted octanol–water partition coefficient (Wildman–Crippen LogP) is 4.53. The summed E-state index contributed by atoms with van der Waals surface area (Å²) in [7, 11) is 0. The number of fused-ring (bicyclic) bond motifs is 2. The molecule has 2 fully saturated rings. The van der Waals surface area contributed by atoms with Crippen molar-refractivity contribution in [1.29, 1.82) is 0 Å². The zero-order chi connectivity index (χ0) is 18.2. The molecular weight excluding hydrogens is 336 g/mol. The molecule has 5 atom stereocenters.